The van der Waals surface area contributed by atoms with Crippen LogP contribution in [0.25, 0.3) is 0 Å². The van der Waals surface area contributed by atoms with Gasteiger partial charge in [0.25, 0.3) is 0 Å². The molecule has 0 N–H and O–H groups in total. The van der Waals surface area contributed by atoms with Gasteiger partial charge in [0, 0.05) is 5.41 Å². The van der Waals surface area contributed by atoms with Gasteiger partial charge in [-0.2, -0.15) is 5.26 Å². The lowest BCUT2D eigenvalue weighted by Crippen LogP contribution is -2.65. The number of hydrogen-bond donors (Lipinski definition) is 0. The first-order chi connectivity index (χ1) is 7.71. The molecular weight excluding hydrogens is 198 g/mol. The van der Waals surface area contributed by atoms with Crippen molar-refractivity contribution in [2.45, 2.75) is 45.4 Å². The van der Waals surface area contributed by atoms with Crippen LogP contribution in [-0.2, 0) is 4.79 Å². The Hall–Kier alpha value is -0.840. The molecule has 0 aromatic heterocycles. The zero-order valence-electron chi connectivity index (χ0n) is 9.91. The van der Waals surface area contributed by atoms with Crippen molar-refractivity contribution >= 4 is 5.78 Å². The van der Waals surface area contributed by atoms with Crippen LogP contribution in [0.5, 0.6) is 0 Å². The molecule has 0 heterocycles. The average molecular weight is 217 g/mol. The molecule has 86 valence electrons. The minimum Gasteiger partial charge on any atom is -0.298 e. The van der Waals surface area contributed by atoms with Crippen molar-refractivity contribution in [3.8, 4) is 6.07 Å². The van der Waals surface area contributed by atoms with Gasteiger partial charge in [-0.05, 0) is 49.4 Å². The highest BCUT2D eigenvalue weighted by atomic mass is 16.1. The monoisotopic (exact) mass is 217 g/mol. The Morgan fingerprint density at radius 3 is 2.81 bits per heavy atom. The molecule has 0 radical (unpaired) electrons. The summed E-state index contributed by atoms with van der Waals surface area (Å²) in [4.78, 5) is 12.2. The van der Waals surface area contributed by atoms with E-state index in [1.54, 1.807) is 0 Å². The molecule has 2 nitrogen and oxygen atoms in total. The SMILES string of the molecule is CCC1CC2CC3CC(C(=O)CC#N)(C1)C23. The highest BCUT2D eigenvalue weighted by molar-refractivity contribution is 5.88. The first-order valence-corrected chi connectivity index (χ1v) is 6.61. The lowest BCUT2D eigenvalue weighted by molar-refractivity contribution is -0.208. The van der Waals surface area contributed by atoms with Gasteiger partial charge in [0.15, 0.2) is 5.78 Å². The minimum atomic E-state index is -0.0394. The predicted octanol–water partition coefficient (Wildman–Crippen LogP) is 2.93. The van der Waals surface area contributed by atoms with Crippen LogP contribution in [0.15, 0.2) is 0 Å². The number of rotatable bonds is 3. The van der Waals surface area contributed by atoms with Gasteiger partial charge in [-0.25, -0.2) is 0 Å². The van der Waals surface area contributed by atoms with Crippen LogP contribution in [0.2, 0.25) is 0 Å². The van der Waals surface area contributed by atoms with Gasteiger partial charge < -0.3 is 0 Å². The molecule has 0 aromatic rings. The van der Waals surface area contributed by atoms with Crippen LogP contribution in [-0.4, -0.2) is 5.78 Å². The number of carbonyl (C=O) groups excluding carboxylic acids is 1. The smallest absolute Gasteiger partial charge is 0.153 e. The van der Waals surface area contributed by atoms with Crippen LogP contribution in [0.4, 0.5) is 0 Å². The number of carbonyl (C=O) groups is 1. The van der Waals surface area contributed by atoms with Gasteiger partial charge >= 0.3 is 0 Å². The fraction of sp³-hybridized carbons (Fsp3) is 0.857. The molecule has 0 spiro atoms. The molecule has 3 aliphatic rings. The Kier molecular flexibility index (Phi) is 2.14. The zero-order chi connectivity index (χ0) is 11.3. The van der Waals surface area contributed by atoms with Crippen LogP contribution < -0.4 is 0 Å². The summed E-state index contributed by atoms with van der Waals surface area (Å²) in [6, 6.07) is 2.06. The lowest BCUT2D eigenvalue weighted by Gasteiger charge is -2.69. The lowest BCUT2D eigenvalue weighted by atomic mass is 9.34. The van der Waals surface area contributed by atoms with Crippen LogP contribution >= 0.6 is 0 Å². The highest BCUT2D eigenvalue weighted by Gasteiger charge is 2.67. The maximum absolute atomic E-state index is 12.2. The third kappa shape index (κ3) is 1.09. The van der Waals surface area contributed by atoms with Gasteiger partial charge in [0.1, 0.15) is 0 Å². The van der Waals surface area contributed by atoms with Crippen molar-refractivity contribution in [3.63, 3.8) is 0 Å². The standard InChI is InChI=1S/C14H19NO/c1-2-9-5-10-6-11-8-14(7-9,13(10)11)12(16)3-4-15/h9-11,13H,2-3,5-8H2,1H3. The van der Waals surface area contributed by atoms with E-state index in [1.165, 1.54) is 19.3 Å². The predicted molar refractivity (Wildman–Crippen MR) is 60.4 cm³/mol. The van der Waals surface area contributed by atoms with Crippen molar-refractivity contribution in [1.29, 1.82) is 5.26 Å². The minimum absolute atomic E-state index is 0.0394. The molecule has 0 aromatic carbocycles. The van der Waals surface area contributed by atoms with Crippen LogP contribution in [0, 0.1) is 40.4 Å². The van der Waals surface area contributed by atoms with Gasteiger partial charge in [-0.1, -0.05) is 13.3 Å². The summed E-state index contributed by atoms with van der Waals surface area (Å²) in [7, 11) is 0. The van der Waals surface area contributed by atoms with E-state index in [1.807, 2.05) is 0 Å². The molecule has 5 unspecified atom stereocenters. The molecule has 3 aliphatic carbocycles. The van der Waals surface area contributed by atoms with E-state index in [0.717, 1.165) is 30.6 Å². The summed E-state index contributed by atoms with van der Waals surface area (Å²) in [6.07, 6.45) is 6.25. The Labute approximate surface area is 97.0 Å². The van der Waals surface area contributed by atoms with Gasteiger partial charge in [-0.3, -0.25) is 4.79 Å². The molecule has 0 amide bonds. The normalized spacial score (nSPS) is 48.2. The molecule has 0 aliphatic heterocycles. The number of hydrogen-bond acceptors (Lipinski definition) is 2. The third-order valence-electron chi connectivity index (χ3n) is 5.55. The maximum atomic E-state index is 12.2. The van der Waals surface area contributed by atoms with Crippen LogP contribution in [0.1, 0.15) is 45.4 Å². The number of Topliss-reactive ketones (excluding diaryl/α,β-unsaturated/α-hetero) is 1. The Morgan fingerprint density at radius 1 is 1.38 bits per heavy atom. The van der Waals surface area contributed by atoms with Gasteiger partial charge in [-0.15, -0.1) is 0 Å². The average Bonchev–Trinajstić information content (AvgIpc) is 2.20. The second-order valence-corrected chi connectivity index (χ2v) is 6.11. The molecule has 3 rings (SSSR count). The molecule has 5 atom stereocenters. The van der Waals surface area contributed by atoms with E-state index >= 15 is 0 Å². The van der Waals surface area contributed by atoms with Crippen molar-refractivity contribution < 1.29 is 4.79 Å². The largest absolute Gasteiger partial charge is 0.298 e. The van der Waals surface area contributed by atoms with E-state index in [-0.39, 0.29) is 17.6 Å². The quantitative estimate of drug-likeness (QED) is 0.729. The molecular formula is C14H19NO. The van der Waals surface area contributed by atoms with E-state index in [0.29, 0.717) is 5.92 Å². The van der Waals surface area contributed by atoms with Crippen molar-refractivity contribution in [2.24, 2.45) is 29.1 Å². The molecule has 0 bridgehead atoms. The Balaban J connectivity index is 1.83. The van der Waals surface area contributed by atoms with Crippen molar-refractivity contribution in [1.82, 2.24) is 0 Å². The second-order valence-electron chi connectivity index (χ2n) is 6.11. The second kappa shape index (κ2) is 3.32. The maximum Gasteiger partial charge on any atom is 0.153 e. The summed E-state index contributed by atoms with van der Waals surface area (Å²) < 4.78 is 0. The number of nitrogens with zero attached hydrogens (tertiary/aromatic N) is 1. The third-order valence-corrected chi connectivity index (χ3v) is 5.55. The number of nitriles is 1. The fourth-order valence-electron chi connectivity index (χ4n) is 4.89. The summed E-state index contributed by atoms with van der Waals surface area (Å²) in [5, 5.41) is 8.72. The molecule has 16 heavy (non-hydrogen) atoms. The van der Waals surface area contributed by atoms with E-state index < -0.39 is 0 Å². The van der Waals surface area contributed by atoms with Crippen molar-refractivity contribution in [3.05, 3.63) is 0 Å². The van der Waals surface area contributed by atoms with E-state index in [9.17, 15) is 4.79 Å². The Morgan fingerprint density at radius 2 is 2.19 bits per heavy atom. The van der Waals surface area contributed by atoms with E-state index in [4.69, 9.17) is 5.26 Å². The summed E-state index contributed by atoms with van der Waals surface area (Å²) in [5.41, 5.74) is -0.0394. The highest BCUT2D eigenvalue weighted by Crippen LogP contribution is 2.71. The molecule has 3 saturated carbocycles. The topological polar surface area (TPSA) is 40.9 Å². The van der Waals surface area contributed by atoms with Crippen molar-refractivity contribution in [2.75, 3.05) is 0 Å². The summed E-state index contributed by atoms with van der Waals surface area (Å²) >= 11 is 0. The summed E-state index contributed by atoms with van der Waals surface area (Å²) in [5.74, 6) is 3.34. The fourth-order valence-corrected chi connectivity index (χ4v) is 4.89. The first-order valence-electron chi connectivity index (χ1n) is 6.61. The molecule has 3 fully saturated rings. The first kappa shape index (κ1) is 10.3. The molecule has 0 saturated heterocycles. The van der Waals surface area contributed by atoms with Gasteiger partial charge in [0.2, 0.25) is 0 Å². The van der Waals surface area contributed by atoms with Gasteiger partial charge in [0.05, 0.1) is 12.5 Å². The zero-order valence-corrected chi connectivity index (χ0v) is 9.91. The molecule has 2 heteroatoms. The number of ketones is 1. The van der Waals surface area contributed by atoms with Crippen LogP contribution in [0.3, 0.4) is 0 Å². The van der Waals surface area contributed by atoms with E-state index in [2.05, 4.69) is 13.0 Å². The summed E-state index contributed by atoms with van der Waals surface area (Å²) in [6.45, 7) is 2.24. The Bertz CT molecular complexity index is 369.